The lowest BCUT2D eigenvalue weighted by Crippen LogP contribution is -2.11. The number of aromatic nitrogens is 2. The third-order valence-electron chi connectivity index (χ3n) is 3.64. The molecular formula is C18H18N2O2S. The molecule has 0 fully saturated rings. The highest BCUT2D eigenvalue weighted by atomic mass is 32.2. The van der Waals surface area contributed by atoms with Crippen LogP contribution in [0.25, 0.3) is 5.69 Å². The average Bonchev–Trinajstić information content (AvgIpc) is 3.09. The van der Waals surface area contributed by atoms with Gasteiger partial charge in [0.15, 0.2) is 9.84 Å². The van der Waals surface area contributed by atoms with Crippen molar-refractivity contribution >= 4 is 9.84 Å². The van der Waals surface area contributed by atoms with Gasteiger partial charge in [-0.1, -0.05) is 42.5 Å². The minimum atomic E-state index is -3.12. The van der Waals surface area contributed by atoms with E-state index in [-0.39, 0.29) is 11.5 Å². The molecule has 0 aliphatic heterocycles. The van der Waals surface area contributed by atoms with Gasteiger partial charge in [0, 0.05) is 12.4 Å². The number of benzene rings is 2. The van der Waals surface area contributed by atoms with Crippen molar-refractivity contribution in [1.29, 1.82) is 0 Å². The highest BCUT2D eigenvalue weighted by molar-refractivity contribution is 7.90. The molecule has 4 nitrogen and oxygen atoms in total. The molecule has 23 heavy (non-hydrogen) atoms. The van der Waals surface area contributed by atoms with Crippen LogP contribution in [0.1, 0.15) is 11.1 Å². The zero-order valence-corrected chi connectivity index (χ0v) is 13.5. The molecule has 0 aliphatic rings. The Morgan fingerprint density at radius 2 is 1.61 bits per heavy atom. The van der Waals surface area contributed by atoms with Gasteiger partial charge in [-0.3, -0.25) is 0 Å². The van der Waals surface area contributed by atoms with E-state index >= 15 is 0 Å². The minimum Gasteiger partial charge on any atom is -0.241 e. The third-order valence-corrected chi connectivity index (χ3v) is 5.24. The number of sulfone groups is 1. The maximum atomic E-state index is 12.3. The first-order chi connectivity index (χ1) is 11.1. The Morgan fingerprint density at radius 1 is 0.870 bits per heavy atom. The Morgan fingerprint density at radius 3 is 2.26 bits per heavy atom. The molecule has 0 amide bonds. The van der Waals surface area contributed by atoms with Crippen LogP contribution in [-0.4, -0.2) is 24.0 Å². The fourth-order valence-electron chi connectivity index (χ4n) is 2.41. The predicted octanol–water partition coefficient (Wildman–Crippen LogP) is 3.03. The number of aryl methyl sites for hydroxylation is 1. The summed E-state index contributed by atoms with van der Waals surface area (Å²) in [6, 6.07) is 19.0. The van der Waals surface area contributed by atoms with Crippen LogP contribution in [0.4, 0.5) is 0 Å². The summed E-state index contributed by atoms with van der Waals surface area (Å²) in [6.07, 6.45) is 4.11. The van der Waals surface area contributed by atoms with E-state index in [1.54, 1.807) is 10.9 Å². The molecule has 5 heteroatoms. The van der Waals surface area contributed by atoms with E-state index in [0.717, 1.165) is 16.8 Å². The van der Waals surface area contributed by atoms with Gasteiger partial charge in [0.25, 0.3) is 0 Å². The first-order valence-electron chi connectivity index (χ1n) is 7.46. The van der Waals surface area contributed by atoms with Gasteiger partial charge in [-0.15, -0.1) is 0 Å². The molecule has 0 radical (unpaired) electrons. The molecule has 3 rings (SSSR count). The SMILES string of the molecule is O=S(=O)(CCc1ccccc1)Cc1ccc(-n2cccn2)cc1. The molecular weight excluding hydrogens is 308 g/mol. The second-order valence-corrected chi connectivity index (χ2v) is 7.63. The van der Waals surface area contributed by atoms with Gasteiger partial charge in [-0.2, -0.15) is 5.10 Å². The second kappa shape index (κ2) is 6.79. The van der Waals surface area contributed by atoms with Crippen LogP contribution in [-0.2, 0) is 22.0 Å². The van der Waals surface area contributed by atoms with E-state index in [2.05, 4.69) is 5.10 Å². The number of rotatable bonds is 6. The van der Waals surface area contributed by atoms with Gasteiger partial charge in [-0.05, 0) is 35.7 Å². The van der Waals surface area contributed by atoms with Gasteiger partial charge in [0.2, 0.25) is 0 Å². The van der Waals surface area contributed by atoms with Crippen molar-refractivity contribution < 1.29 is 8.42 Å². The molecule has 0 N–H and O–H groups in total. The molecule has 1 aromatic heterocycles. The molecule has 0 unspecified atom stereocenters. The highest BCUT2D eigenvalue weighted by Gasteiger charge is 2.12. The molecule has 2 aromatic carbocycles. The summed E-state index contributed by atoms with van der Waals surface area (Å²) in [5, 5.41) is 4.15. The van der Waals surface area contributed by atoms with E-state index in [1.807, 2.05) is 66.9 Å². The maximum absolute atomic E-state index is 12.3. The summed E-state index contributed by atoms with van der Waals surface area (Å²) < 4.78 is 26.3. The molecule has 0 saturated carbocycles. The van der Waals surface area contributed by atoms with Gasteiger partial charge in [-0.25, -0.2) is 13.1 Å². The standard InChI is InChI=1S/C18H18N2O2S/c21-23(22,14-11-16-5-2-1-3-6-16)15-17-7-9-18(10-8-17)20-13-4-12-19-20/h1-10,12-13H,11,14-15H2. The Labute approximate surface area is 136 Å². The van der Waals surface area contributed by atoms with Crippen molar-refractivity contribution in [2.24, 2.45) is 0 Å². The smallest absolute Gasteiger partial charge is 0.154 e. The molecule has 0 spiro atoms. The van der Waals surface area contributed by atoms with Crippen LogP contribution < -0.4 is 0 Å². The number of nitrogens with zero attached hydrogens (tertiary/aromatic N) is 2. The van der Waals surface area contributed by atoms with E-state index in [4.69, 9.17) is 0 Å². The van der Waals surface area contributed by atoms with E-state index < -0.39 is 9.84 Å². The zero-order chi connectivity index (χ0) is 16.1. The number of hydrogen-bond donors (Lipinski definition) is 0. The first-order valence-corrected chi connectivity index (χ1v) is 9.28. The van der Waals surface area contributed by atoms with Crippen molar-refractivity contribution in [1.82, 2.24) is 9.78 Å². The van der Waals surface area contributed by atoms with Crippen LogP contribution in [0.15, 0.2) is 73.1 Å². The maximum Gasteiger partial charge on any atom is 0.154 e. The third kappa shape index (κ3) is 4.29. The Balaban J connectivity index is 1.63. The normalized spacial score (nSPS) is 11.5. The second-order valence-electron chi connectivity index (χ2n) is 5.44. The van der Waals surface area contributed by atoms with E-state index in [1.165, 1.54) is 0 Å². The van der Waals surface area contributed by atoms with Crippen LogP contribution in [0.2, 0.25) is 0 Å². The minimum absolute atomic E-state index is 0.0687. The lowest BCUT2D eigenvalue weighted by atomic mass is 10.2. The van der Waals surface area contributed by atoms with E-state index in [9.17, 15) is 8.42 Å². The van der Waals surface area contributed by atoms with Gasteiger partial charge in [0.05, 0.1) is 17.2 Å². The molecule has 1 heterocycles. The van der Waals surface area contributed by atoms with E-state index in [0.29, 0.717) is 6.42 Å². The lowest BCUT2D eigenvalue weighted by Gasteiger charge is -2.06. The first kappa shape index (κ1) is 15.5. The highest BCUT2D eigenvalue weighted by Crippen LogP contribution is 2.13. The van der Waals surface area contributed by atoms with Crippen LogP contribution in [0, 0.1) is 0 Å². The molecule has 0 atom stereocenters. The predicted molar refractivity (Wildman–Crippen MR) is 91.2 cm³/mol. The van der Waals surface area contributed by atoms with Gasteiger partial charge in [0.1, 0.15) is 0 Å². The summed E-state index contributed by atoms with van der Waals surface area (Å²) in [5.74, 6) is 0.233. The number of hydrogen-bond acceptors (Lipinski definition) is 3. The van der Waals surface area contributed by atoms with Crippen LogP contribution in [0.3, 0.4) is 0 Å². The van der Waals surface area contributed by atoms with Crippen molar-refractivity contribution in [3.63, 3.8) is 0 Å². The Hall–Kier alpha value is -2.40. The average molecular weight is 326 g/mol. The molecule has 3 aromatic rings. The molecule has 0 bridgehead atoms. The van der Waals surface area contributed by atoms with Crippen molar-refractivity contribution in [2.45, 2.75) is 12.2 Å². The Bertz CT molecular complexity index is 840. The topological polar surface area (TPSA) is 52.0 Å². The summed E-state index contributed by atoms with van der Waals surface area (Å²) >= 11 is 0. The molecule has 0 saturated heterocycles. The van der Waals surface area contributed by atoms with Gasteiger partial charge >= 0.3 is 0 Å². The summed E-state index contributed by atoms with van der Waals surface area (Å²) in [5.41, 5.74) is 2.76. The quantitative estimate of drug-likeness (QED) is 0.699. The summed E-state index contributed by atoms with van der Waals surface area (Å²) in [6.45, 7) is 0. The fourth-order valence-corrected chi connectivity index (χ4v) is 3.80. The summed E-state index contributed by atoms with van der Waals surface area (Å²) in [7, 11) is -3.12. The van der Waals surface area contributed by atoms with Crippen molar-refractivity contribution in [2.75, 3.05) is 5.75 Å². The largest absolute Gasteiger partial charge is 0.241 e. The van der Waals surface area contributed by atoms with Gasteiger partial charge < -0.3 is 0 Å². The van der Waals surface area contributed by atoms with Crippen LogP contribution >= 0.6 is 0 Å². The lowest BCUT2D eigenvalue weighted by molar-refractivity contribution is 0.594. The molecule has 118 valence electrons. The summed E-state index contributed by atoms with van der Waals surface area (Å²) in [4.78, 5) is 0. The zero-order valence-electron chi connectivity index (χ0n) is 12.7. The Kier molecular flexibility index (Phi) is 4.57. The van der Waals surface area contributed by atoms with Crippen LogP contribution in [0.5, 0.6) is 0 Å². The fraction of sp³-hybridized carbons (Fsp3) is 0.167. The molecule has 0 aliphatic carbocycles. The monoisotopic (exact) mass is 326 g/mol. The van der Waals surface area contributed by atoms with Crippen molar-refractivity contribution in [3.05, 3.63) is 84.2 Å². The van der Waals surface area contributed by atoms with Crippen molar-refractivity contribution in [3.8, 4) is 5.69 Å².